The zero-order valence-corrected chi connectivity index (χ0v) is 13.8. The number of rotatable bonds is 6. The summed E-state index contributed by atoms with van der Waals surface area (Å²) >= 11 is 2.97. The molecule has 0 aliphatic carbocycles. The van der Waals surface area contributed by atoms with E-state index in [-0.39, 0.29) is 12.5 Å². The Hall–Kier alpha value is -2.15. The molecule has 1 atom stereocenters. The normalized spacial score (nSPS) is 14.0. The first-order chi connectivity index (χ1) is 11.2. The van der Waals surface area contributed by atoms with Crippen LogP contribution in [-0.2, 0) is 10.4 Å². The van der Waals surface area contributed by atoms with Crippen LogP contribution >= 0.6 is 22.7 Å². The first-order valence-corrected chi connectivity index (χ1v) is 8.79. The van der Waals surface area contributed by atoms with Gasteiger partial charge in [-0.15, -0.1) is 11.3 Å². The van der Waals surface area contributed by atoms with Gasteiger partial charge in [-0.25, -0.2) is 0 Å². The van der Waals surface area contributed by atoms with Gasteiger partial charge >= 0.3 is 0 Å². The Bertz CT molecular complexity index is 725. The van der Waals surface area contributed by atoms with Crippen LogP contribution in [0, 0.1) is 0 Å². The van der Waals surface area contributed by atoms with Crippen molar-refractivity contribution in [3.05, 3.63) is 75.0 Å². The standard InChI is InChI=1S/C17H15NO3S2/c19-16(6-5-14-3-1-8-21-14)18-12-17(20,13-7-10-22-11-13)15-4-2-9-23-15/h1-11,20H,12H2,(H,18,19). The minimum Gasteiger partial charge on any atom is -0.465 e. The third-order valence-electron chi connectivity index (χ3n) is 3.39. The van der Waals surface area contributed by atoms with E-state index >= 15 is 0 Å². The lowest BCUT2D eigenvalue weighted by molar-refractivity contribution is -0.117. The van der Waals surface area contributed by atoms with Crippen molar-refractivity contribution >= 4 is 34.7 Å². The van der Waals surface area contributed by atoms with Gasteiger partial charge in [-0.05, 0) is 46.5 Å². The maximum Gasteiger partial charge on any atom is 0.244 e. The average Bonchev–Trinajstić information content (AvgIpc) is 3.33. The van der Waals surface area contributed by atoms with Crippen molar-refractivity contribution in [3.8, 4) is 0 Å². The molecule has 118 valence electrons. The van der Waals surface area contributed by atoms with Crippen LogP contribution in [0.1, 0.15) is 16.2 Å². The summed E-state index contributed by atoms with van der Waals surface area (Å²) in [6.07, 6.45) is 4.52. The van der Waals surface area contributed by atoms with E-state index in [0.717, 1.165) is 10.4 Å². The van der Waals surface area contributed by atoms with Crippen LogP contribution < -0.4 is 5.32 Å². The van der Waals surface area contributed by atoms with Crippen LogP contribution in [0.25, 0.3) is 6.08 Å². The molecule has 0 bridgehead atoms. The highest BCUT2D eigenvalue weighted by atomic mass is 32.1. The van der Waals surface area contributed by atoms with E-state index in [1.165, 1.54) is 28.7 Å². The molecule has 3 heterocycles. The Kier molecular flexibility index (Phi) is 4.76. The van der Waals surface area contributed by atoms with Gasteiger partial charge in [0.25, 0.3) is 0 Å². The number of carbonyl (C=O) groups excluding carboxylic acids is 1. The molecule has 3 aromatic heterocycles. The van der Waals surface area contributed by atoms with Gasteiger partial charge in [-0.1, -0.05) is 6.07 Å². The number of thiophene rings is 2. The second-order valence-electron chi connectivity index (χ2n) is 4.92. The lowest BCUT2D eigenvalue weighted by atomic mass is 9.94. The van der Waals surface area contributed by atoms with Crippen LogP contribution in [0.5, 0.6) is 0 Å². The first-order valence-electron chi connectivity index (χ1n) is 6.97. The summed E-state index contributed by atoms with van der Waals surface area (Å²) < 4.78 is 5.13. The maximum atomic E-state index is 12.0. The quantitative estimate of drug-likeness (QED) is 0.673. The molecule has 3 aromatic rings. The molecule has 2 N–H and O–H groups in total. The largest absolute Gasteiger partial charge is 0.465 e. The molecule has 6 heteroatoms. The summed E-state index contributed by atoms with van der Waals surface area (Å²) in [5, 5.41) is 19.6. The molecule has 0 aliphatic heterocycles. The second kappa shape index (κ2) is 6.95. The molecule has 0 aromatic carbocycles. The summed E-state index contributed by atoms with van der Waals surface area (Å²) in [5.41, 5.74) is -0.442. The summed E-state index contributed by atoms with van der Waals surface area (Å²) in [5.74, 6) is 0.318. The molecule has 0 saturated heterocycles. The van der Waals surface area contributed by atoms with E-state index in [1.54, 1.807) is 24.5 Å². The molecular formula is C17H15NO3S2. The van der Waals surface area contributed by atoms with Crippen molar-refractivity contribution in [1.82, 2.24) is 5.32 Å². The number of aliphatic hydroxyl groups is 1. The lowest BCUT2D eigenvalue weighted by Crippen LogP contribution is -2.40. The van der Waals surface area contributed by atoms with E-state index in [2.05, 4.69) is 5.32 Å². The number of hydrogen-bond acceptors (Lipinski definition) is 5. The van der Waals surface area contributed by atoms with Crippen molar-refractivity contribution < 1.29 is 14.3 Å². The van der Waals surface area contributed by atoms with E-state index < -0.39 is 5.60 Å². The molecule has 0 saturated carbocycles. The molecule has 0 fully saturated rings. The van der Waals surface area contributed by atoms with Crippen LogP contribution in [0.4, 0.5) is 0 Å². The van der Waals surface area contributed by atoms with Gasteiger partial charge in [0.05, 0.1) is 12.8 Å². The van der Waals surface area contributed by atoms with Crippen molar-refractivity contribution in [2.75, 3.05) is 6.54 Å². The van der Waals surface area contributed by atoms with E-state index in [4.69, 9.17) is 4.42 Å². The molecule has 4 nitrogen and oxygen atoms in total. The van der Waals surface area contributed by atoms with E-state index in [0.29, 0.717) is 5.76 Å². The first kappa shape index (κ1) is 15.7. The van der Waals surface area contributed by atoms with Gasteiger partial charge < -0.3 is 14.8 Å². The Morgan fingerprint density at radius 1 is 1.30 bits per heavy atom. The van der Waals surface area contributed by atoms with Crippen molar-refractivity contribution in [1.29, 1.82) is 0 Å². The number of nitrogens with one attached hydrogen (secondary N) is 1. The predicted octanol–water partition coefficient (Wildman–Crippen LogP) is 3.47. The highest BCUT2D eigenvalue weighted by Crippen LogP contribution is 2.33. The highest BCUT2D eigenvalue weighted by Gasteiger charge is 2.33. The molecule has 23 heavy (non-hydrogen) atoms. The highest BCUT2D eigenvalue weighted by molar-refractivity contribution is 7.10. The molecule has 0 spiro atoms. The minimum atomic E-state index is -1.22. The molecular weight excluding hydrogens is 330 g/mol. The van der Waals surface area contributed by atoms with E-state index in [9.17, 15) is 9.90 Å². The Morgan fingerprint density at radius 3 is 2.87 bits per heavy atom. The average molecular weight is 345 g/mol. The van der Waals surface area contributed by atoms with Crippen molar-refractivity contribution in [2.24, 2.45) is 0 Å². The van der Waals surface area contributed by atoms with Gasteiger partial charge in [0.15, 0.2) is 0 Å². The number of hydrogen-bond donors (Lipinski definition) is 2. The van der Waals surface area contributed by atoms with Gasteiger partial charge in [0.1, 0.15) is 11.4 Å². The number of amides is 1. The summed E-state index contributed by atoms with van der Waals surface area (Å²) in [7, 11) is 0. The predicted molar refractivity (Wildman–Crippen MR) is 92.4 cm³/mol. The minimum absolute atomic E-state index is 0.103. The van der Waals surface area contributed by atoms with E-state index in [1.807, 2.05) is 34.3 Å². The molecule has 0 radical (unpaired) electrons. The fourth-order valence-electron chi connectivity index (χ4n) is 2.16. The fourth-order valence-corrected chi connectivity index (χ4v) is 3.73. The maximum absolute atomic E-state index is 12.0. The van der Waals surface area contributed by atoms with Crippen molar-refractivity contribution in [3.63, 3.8) is 0 Å². The van der Waals surface area contributed by atoms with Crippen LogP contribution in [0.15, 0.2) is 63.2 Å². The SMILES string of the molecule is O=C(C=Cc1ccco1)NCC(O)(c1ccsc1)c1cccs1. The second-order valence-corrected chi connectivity index (χ2v) is 6.64. The zero-order valence-electron chi connectivity index (χ0n) is 12.1. The lowest BCUT2D eigenvalue weighted by Gasteiger charge is -2.26. The van der Waals surface area contributed by atoms with Crippen LogP contribution in [-0.4, -0.2) is 17.6 Å². The number of furan rings is 1. The molecule has 0 aliphatic rings. The van der Waals surface area contributed by atoms with Gasteiger partial charge in [0.2, 0.25) is 5.91 Å². The summed E-state index contributed by atoms with van der Waals surface area (Å²) in [4.78, 5) is 12.8. The molecule has 1 unspecified atom stereocenters. The Morgan fingerprint density at radius 2 is 2.22 bits per heavy atom. The molecule has 1 amide bonds. The fraction of sp³-hybridized carbons (Fsp3) is 0.118. The van der Waals surface area contributed by atoms with Crippen LogP contribution in [0.2, 0.25) is 0 Å². The smallest absolute Gasteiger partial charge is 0.244 e. The molecule has 3 rings (SSSR count). The third kappa shape index (κ3) is 3.61. The monoisotopic (exact) mass is 345 g/mol. The Labute approximate surface area is 141 Å². The van der Waals surface area contributed by atoms with Gasteiger partial charge in [0, 0.05) is 16.5 Å². The summed E-state index contributed by atoms with van der Waals surface area (Å²) in [6.45, 7) is 0.103. The summed E-state index contributed by atoms with van der Waals surface area (Å²) in [6, 6.07) is 9.14. The Balaban J connectivity index is 1.71. The third-order valence-corrected chi connectivity index (χ3v) is 5.09. The van der Waals surface area contributed by atoms with Crippen molar-refractivity contribution in [2.45, 2.75) is 5.60 Å². The van der Waals surface area contributed by atoms with Crippen LogP contribution in [0.3, 0.4) is 0 Å². The number of carbonyl (C=O) groups is 1. The topological polar surface area (TPSA) is 62.5 Å². The van der Waals surface area contributed by atoms with Gasteiger partial charge in [-0.2, -0.15) is 11.3 Å². The van der Waals surface area contributed by atoms with Gasteiger partial charge in [-0.3, -0.25) is 4.79 Å². The zero-order chi connectivity index (χ0) is 16.1.